The van der Waals surface area contributed by atoms with Crippen LogP contribution < -0.4 is 5.73 Å². The fourth-order valence-electron chi connectivity index (χ4n) is 3.83. The molecule has 29 heavy (non-hydrogen) atoms. The quantitative estimate of drug-likeness (QED) is 0.715. The largest absolute Gasteiger partial charge is 0.436 e. The summed E-state index contributed by atoms with van der Waals surface area (Å²) in [5, 5.41) is 0. The molecule has 5 nitrogen and oxygen atoms in total. The minimum Gasteiger partial charge on any atom is -0.436 e. The summed E-state index contributed by atoms with van der Waals surface area (Å²) < 4.78 is 19.9. The standard InChI is InChI=1S/C23H24FN3O2/c1-15(25)16-7-6-12-27(14-16)23(28)18-9-3-2-8-17(18)22-26-13-21(29-22)19-10-4-5-11-20(19)24/h2-5,8-11,13,15-16H,6-7,12,14,25H2,1H3/t15-,16+/m0/s1. The topological polar surface area (TPSA) is 72.4 Å². The van der Waals surface area contributed by atoms with Crippen molar-refractivity contribution in [1.82, 2.24) is 9.88 Å². The zero-order valence-electron chi connectivity index (χ0n) is 16.3. The van der Waals surface area contributed by atoms with Crippen LogP contribution in [0.2, 0.25) is 0 Å². The molecule has 0 radical (unpaired) electrons. The monoisotopic (exact) mass is 393 g/mol. The molecule has 6 heteroatoms. The van der Waals surface area contributed by atoms with Gasteiger partial charge in [-0.15, -0.1) is 0 Å². The van der Waals surface area contributed by atoms with Crippen LogP contribution in [0.3, 0.4) is 0 Å². The molecule has 1 amide bonds. The van der Waals surface area contributed by atoms with Gasteiger partial charge in [0.2, 0.25) is 5.89 Å². The Morgan fingerprint density at radius 3 is 2.69 bits per heavy atom. The second-order valence-corrected chi connectivity index (χ2v) is 7.57. The highest BCUT2D eigenvalue weighted by Gasteiger charge is 2.28. The van der Waals surface area contributed by atoms with Gasteiger partial charge < -0.3 is 15.1 Å². The molecule has 2 heterocycles. The molecule has 0 bridgehead atoms. The Labute approximate surface area is 169 Å². The average molecular weight is 393 g/mol. The van der Waals surface area contributed by atoms with E-state index in [-0.39, 0.29) is 17.8 Å². The van der Waals surface area contributed by atoms with Gasteiger partial charge in [-0.05, 0) is 49.9 Å². The minimum absolute atomic E-state index is 0.0518. The third-order valence-electron chi connectivity index (χ3n) is 5.52. The van der Waals surface area contributed by atoms with E-state index in [0.29, 0.717) is 47.3 Å². The van der Waals surface area contributed by atoms with Crippen molar-refractivity contribution in [2.24, 2.45) is 11.7 Å². The molecule has 0 spiro atoms. The van der Waals surface area contributed by atoms with Crippen molar-refractivity contribution in [3.63, 3.8) is 0 Å². The number of hydrogen-bond acceptors (Lipinski definition) is 4. The number of oxazole rings is 1. The van der Waals surface area contributed by atoms with Gasteiger partial charge in [-0.2, -0.15) is 0 Å². The van der Waals surface area contributed by atoms with Gasteiger partial charge in [-0.3, -0.25) is 4.79 Å². The van der Waals surface area contributed by atoms with Crippen LogP contribution in [0.25, 0.3) is 22.8 Å². The van der Waals surface area contributed by atoms with Crippen LogP contribution in [-0.4, -0.2) is 34.9 Å². The molecule has 4 rings (SSSR count). The average Bonchev–Trinajstić information content (AvgIpc) is 3.23. The van der Waals surface area contributed by atoms with E-state index in [9.17, 15) is 9.18 Å². The highest BCUT2D eigenvalue weighted by atomic mass is 19.1. The first-order valence-electron chi connectivity index (χ1n) is 9.89. The molecule has 1 fully saturated rings. The number of hydrogen-bond donors (Lipinski definition) is 1. The van der Waals surface area contributed by atoms with Crippen molar-refractivity contribution in [2.75, 3.05) is 13.1 Å². The summed E-state index contributed by atoms with van der Waals surface area (Å²) in [6, 6.07) is 13.7. The summed E-state index contributed by atoms with van der Waals surface area (Å²) in [5.74, 6) is 0.490. The molecule has 1 aliphatic rings. The van der Waals surface area contributed by atoms with Gasteiger partial charge in [0.15, 0.2) is 5.76 Å². The number of aromatic nitrogens is 1. The third kappa shape index (κ3) is 3.93. The molecule has 2 atom stereocenters. The number of halogens is 1. The minimum atomic E-state index is -0.380. The van der Waals surface area contributed by atoms with E-state index in [1.165, 1.54) is 12.3 Å². The predicted molar refractivity (Wildman–Crippen MR) is 110 cm³/mol. The Balaban J connectivity index is 1.64. The Bertz CT molecular complexity index is 1010. The van der Waals surface area contributed by atoms with E-state index < -0.39 is 0 Å². The van der Waals surface area contributed by atoms with Crippen LogP contribution in [0.1, 0.15) is 30.1 Å². The fourth-order valence-corrected chi connectivity index (χ4v) is 3.83. The molecular formula is C23H24FN3O2. The number of nitrogens with two attached hydrogens (primary N) is 1. The maximum atomic E-state index is 14.1. The molecule has 0 unspecified atom stereocenters. The van der Waals surface area contributed by atoms with Crippen molar-refractivity contribution in [3.05, 3.63) is 66.1 Å². The van der Waals surface area contributed by atoms with Crippen molar-refractivity contribution in [2.45, 2.75) is 25.8 Å². The lowest BCUT2D eigenvalue weighted by molar-refractivity contribution is 0.0661. The van der Waals surface area contributed by atoms with Crippen molar-refractivity contribution < 1.29 is 13.6 Å². The first-order valence-corrected chi connectivity index (χ1v) is 9.89. The maximum absolute atomic E-state index is 14.1. The summed E-state index contributed by atoms with van der Waals surface area (Å²) in [6.07, 6.45) is 3.47. The van der Waals surface area contributed by atoms with Crippen LogP contribution in [0, 0.1) is 11.7 Å². The SMILES string of the molecule is C[C@H](N)[C@@H]1CCCN(C(=O)c2ccccc2-c2ncc(-c3ccccc3F)o2)C1. The van der Waals surface area contributed by atoms with Crippen LogP contribution in [0.5, 0.6) is 0 Å². The van der Waals surface area contributed by atoms with E-state index in [2.05, 4.69) is 4.98 Å². The summed E-state index contributed by atoms with van der Waals surface area (Å²) in [6.45, 7) is 3.35. The van der Waals surface area contributed by atoms with Crippen LogP contribution in [0.4, 0.5) is 4.39 Å². The molecule has 3 aromatic rings. The highest BCUT2D eigenvalue weighted by molar-refractivity contribution is 6.00. The number of nitrogens with zero attached hydrogens (tertiary/aromatic N) is 2. The summed E-state index contributed by atoms with van der Waals surface area (Å²) in [4.78, 5) is 19.4. The molecule has 1 saturated heterocycles. The van der Waals surface area contributed by atoms with Gasteiger partial charge in [0.05, 0.1) is 17.3 Å². The molecule has 0 saturated carbocycles. The maximum Gasteiger partial charge on any atom is 0.254 e. The van der Waals surface area contributed by atoms with Crippen LogP contribution >= 0.6 is 0 Å². The molecular weight excluding hydrogens is 369 g/mol. The van der Waals surface area contributed by atoms with E-state index in [4.69, 9.17) is 10.2 Å². The number of carbonyl (C=O) groups is 1. The van der Waals surface area contributed by atoms with Gasteiger partial charge >= 0.3 is 0 Å². The lowest BCUT2D eigenvalue weighted by atomic mass is 9.91. The van der Waals surface area contributed by atoms with Gasteiger partial charge in [0, 0.05) is 24.7 Å². The molecule has 150 valence electrons. The van der Waals surface area contributed by atoms with Gasteiger partial charge in [-0.1, -0.05) is 24.3 Å². The molecule has 1 aliphatic heterocycles. The van der Waals surface area contributed by atoms with Crippen molar-refractivity contribution in [3.8, 4) is 22.8 Å². The lowest BCUT2D eigenvalue weighted by Crippen LogP contribution is -2.45. The van der Waals surface area contributed by atoms with Crippen molar-refractivity contribution in [1.29, 1.82) is 0 Å². The number of rotatable bonds is 4. The van der Waals surface area contributed by atoms with E-state index in [1.807, 2.05) is 24.0 Å². The first-order chi connectivity index (χ1) is 14.0. The number of amides is 1. The zero-order valence-corrected chi connectivity index (χ0v) is 16.3. The van der Waals surface area contributed by atoms with E-state index in [0.717, 1.165) is 12.8 Å². The van der Waals surface area contributed by atoms with Gasteiger partial charge in [0.1, 0.15) is 5.82 Å². The molecule has 2 N–H and O–H groups in total. The van der Waals surface area contributed by atoms with Gasteiger partial charge in [-0.25, -0.2) is 9.37 Å². The third-order valence-corrected chi connectivity index (χ3v) is 5.52. The van der Waals surface area contributed by atoms with E-state index >= 15 is 0 Å². The summed E-state index contributed by atoms with van der Waals surface area (Å²) >= 11 is 0. The Kier molecular flexibility index (Phi) is 5.45. The molecule has 1 aromatic heterocycles. The predicted octanol–water partition coefficient (Wildman–Crippen LogP) is 4.35. The Morgan fingerprint density at radius 1 is 1.21 bits per heavy atom. The number of likely N-dealkylation sites (tertiary alicyclic amines) is 1. The lowest BCUT2D eigenvalue weighted by Gasteiger charge is -2.34. The van der Waals surface area contributed by atoms with E-state index in [1.54, 1.807) is 30.3 Å². The molecule has 0 aliphatic carbocycles. The number of carbonyl (C=O) groups excluding carboxylic acids is 1. The van der Waals surface area contributed by atoms with Gasteiger partial charge in [0.25, 0.3) is 5.91 Å². The Morgan fingerprint density at radius 2 is 1.93 bits per heavy atom. The zero-order chi connectivity index (χ0) is 20.4. The second kappa shape index (κ2) is 8.17. The second-order valence-electron chi connectivity index (χ2n) is 7.57. The van der Waals surface area contributed by atoms with Crippen LogP contribution in [-0.2, 0) is 0 Å². The van der Waals surface area contributed by atoms with Crippen LogP contribution in [0.15, 0.2) is 59.1 Å². The smallest absolute Gasteiger partial charge is 0.254 e. The fraction of sp³-hybridized carbons (Fsp3) is 0.304. The van der Waals surface area contributed by atoms with Crippen molar-refractivity contribution >= 4 is 5.91 Å². The Hall–Kier alpha value is -2.99. The first kappa shape index (κ1) is 19.3. The summed E-state index contributed by atoms with van der Waals surface area (Å²) in [5.41, 5.74) is 7.53. The number of benzene rings is 2. The summed E-state index contributed by atoms with van der Waals surface area (Å²) in [7, 11) is 0. The number of piperidine rings is 1. The highest BCUT2D eigenvalue weighted by Crippen LogP contribution is 2.31. The normalized spacial score (nSPS) is 17.9. The molecule has 2 aromatic carbocycles.